The first kappa shape index (κ1) is 12.3. The molecule has 0 aromatic carbocycles. The van der Waals surface area contributed by atoms with Gasteiger partial charge in [0, 0.05) is 6.20 Å². The Hall–Kier alpha value is -1.69. The van der Waals surface area contributed by atoms with E-state index in [1.165, 1.54) is 25.7 Å². The molecule has 6 heteroatoms. The largest absolute Gasteiger partial charge is 0.313 e. The predicted octanol–water partition coefficient (Wildman–Crippen LogP) is 1.36. The van der Waals surface area contributed by atoms with Gasteiger partial charge in [-0.2, -0.15) is 10.2 Å². The molecule has 0 spiro atoms. The molecule has 1 saturated carbocycles. The third-order valence-corrected chi connectivity index (χ3v) is 3.70. The van der Waals surface area contributed by atoms with Crippen LogP contribution < -0.4 is 5.32 Å². The number of nitrogens with zero attached hydrogens (tertiary/aromatic N) is 5. The third-order valence-electron chi connectivity index (χ3n) is 3.70. The molecule has 19 heavy (non-hydrogen) atoms. The van der Waals surface area contributed by atoms with Crippen LogP contribution in [0.25, 0.3) is 0 Å². The van der Waals surface area contributed by atoms with E-state index >= 15 is 0 Å². The minimum Gasteiger partial charge on any atom is -0.313 e. The molecule has 0 amide bonds. The van der Waals surface area contributed by atoms with Crippen molar-refractivity contribution in [1.82, 2.24) is 29.9 Å². The summed E-state index contributed by atoms with van der Waals surface area (Å²) in [7, 11) is 1.91. The quantitative estimate of drug-likeness (QED) is 0.881. The van der Waals surface area contributed by atoms with Crippen molar-refractivity contribution in [3.8, 4) is 0 Å². The molecule has 0 aliphatic heterocycles. The van der Waals surface area contributed by atoms with Gasteiger partial charge in [0.05, 0.1) is 24.8 Å². The van der Waals surface area contributed by atoms with Crippen molar-refractivity contribution in [2.24, 2.45) is 0 Å². The van der Waals surface area contributed by atoms with Gasteiger partial charge in [0.15, 0.2) is 0 Å². The fourth-order valence-corrected chi connectivity index (χ4v) is 2.70. The average Bonchev–Trinajstić information content (AvgIpc) is 3.12. The first-order valence-electron chi connectivity index (χ1n) is 6.92. The SMILES string of the molecule is CNCc1ncnn1Cc1ccn(C2CCCC2)n1. The average molecular weight is 260 g/mol. The third kappa shape index (κ3) is 2.68. The van der Waals surface area contributed by atoms with E-state index in [1.807, 2.05) is 11.7 Å². The van der Waals surface area contributed by atoms with Crippen molar-refractivity contribution in [2.45, 2.75) is 44.8 Å². The van der Waals surface area contributed by atoms with Gasteiger partial charge in [-0.1, -0.05) is 12.8 Å². The van der Waals surface area contributed by atoms with E-state index in [0.29, 0.717) is 12.6 Å². The highest BCUT2D eigenvalue weighted by Gasteiger charge is 2.17. The van der Waals surface area contributed by atoms with Crippen LogP contribution >= 0.6 is 0 Å². The van der Waals surface area contributed by atoms with Crippen LogP contribution in [0.3, 0.4) is 0 Å². The van der Waals surface area contributed by atoms with Crippen LogP contribution in [-0.4, -0.2) is 31.6 Å². The molecular formula is C13H20N6. The fourth-order valence-electron chi connectivity index (χ4n) is 2.70. The summed E-state index contributed by atoms with van der Waals surface area (Å²) in [6.45, 7) is 1.42. The number of aromatic nitrogens is 5. The topological polar surface area (TPSA) is 60.6 Å². The maximum Gasteiger partial charge on any atom is 0.141 e. The Labute approximate surface area is 112 Å². The molecule has 6 nitrogen and oxygen atoms in total. The lowest BCUT2D eigenvalue weighted by atomic mass is 10.3. The van der Waals surface area contributed by atoms with E-state index in [4.69, 9.17) is 0 Å². The van der Waals surface area contributed by atoms with Crippen molar-refractivity contribution in [1.29, 1.82) is 0 Å². The highest BCUT2D eigenvalue weighted by atomic mass is 15.4. The second-order valence-electron chi connectivity index (χ2n) is 5.09. The van der Waals surface area contributed by atoms with Crippen LogP contribution in [0.5, 0.6) is 0 Å². The summed E-state index contributed by atoms with van der Waals surface area (Å²) < 4.78 is 4.02. The Kier molecular flexibility index (Phi) is 3.59. The Balaban J connectivity index is 1.70. The second-order valence-corrected chi connectivity index (χ2v) is 5.09. The summed E-state index contributed by atoms with van der Waals surface area (Å²) in [5.41, 5.74) is 1.05. The summed E-state index contributed by atoms with van der Waals surface area (Å²) in [5, 5.41) is 12.0. The van der Waals surface area contributed by atoms with E-state index in [9.17, 15) is 0 Å². The molecule has 1 aliphatic carbocycles. The zero-order chi connectivity index (χ0) is 13.1. The zero-order valence-electron chi connectivity index (χ0n) is 11.3. The summed E-state index contributed by atoms with van der Waals surface area (Å²) >= 11 is 0. The zero-order valence-corrected chi connectivity index (χ0v) is 11.3. The summed E-state index contributed by atoms with van der Waals surface area (Å²) in [6.07, 6.45) is 8.87. The molecule has 0 atom stereocenters. The lowest BCUT2D eigenvalue weighted by Crippen LogP contribution is -2.14. The Bertz CT molecular complexity index is 523. The minimum absolute atomic E-state index is 0.598. The molecular weight excluding hydrogens is 240 g/mol. The number of nitrogens with one attached hydrogen (secondary N) is 1. The summed E-state index contributed by atoms with van der Waals surface area (Å²) in [5.74, 6) is 0.943. The van der Waals surface area contributed by atoms with Crippen LogP contribution in [0.15, 0.2) is 18.6 Å². The first-order chi connectivity index (χ1) is 9.36. The Morgan fingerprint density at radius 2 is 2.21 bits per heavy atom. The van der Waals surface area contributed by atoms with Gasteiger partial charge in [-0.3, -0.25) is 4.68 Å². The minimum atomic E-state index is 0.598. The van der Waals surface area contributed by atoms with Crippen LogP contribution in [0.2, 0.25) is 0 Å². The normalized spacial score (nSPS) is 16.3. The molecule has 0 saturated heterocycles. The van der Waals surface area contributed by atoms with Crippen LogP contribution in [0.1, 0.15) is 43.2 Å². The van der Waals surface area contributed by atoms with Crippen molar-refractivity contribution in [3.05, 3.63) is 30.1 Å². The van der Waals surface area contributed by atoms with Gasteiger partial charge in [0.2, 0.25) is 0 Å². The standard InChI is InChI=1S/C13H20N6/c1-14-8-13-15-10-16-19(13)9-11-6-7-18(17-11)12-4-2-3-5-12/h6-7,10,12,14H,2-5,8-9H2,1H3. The molecule has 0 bridgehead atoms. The Morgan fingerprint density at radius 1 is 1.37 bits per heavy atom. The van der Waals surface area contributed by atoms with Crippen LogP contribution in [-0.2, 0) is 13.1 Å². The highest BCUT2D eigenvalue weighted by molar-refractivity contribution is 5.02. The first-order valence-corrected chi connectivity index (χ1v) is 6.92. The monoisotopic (exact) mass is 260 g/mol. The van der Waals surface area contributed by atoms with Gasteiger partial charge < -0.3 is 5.32 Å². The maximum atomic E-state index is 4.68. The predicted molar refractivity (Wildman–Crippen MR) is 71.6 cm³/mol. The summed E-state index contributed by atoms with van der Waals surface area (Å²) in [6, 6.07) is 2.68. The van der Waals surface area contributed by atoms with E-state index in [-0.39, 0.29) is 0 Å². The van der Waals surface area contributed by atoms with E-state index in [0.717, 1.165) is 18.1 Å². The summed E-state index contributed by atoms with van der Waals surface area (Å²) in [4.78, 5) is 4.24. The molecule has 0 unspecified atom stereocenters. The van der Waals surface area contributed by atoms with Crippen molar-refractivity contribution in [2.75, 3.05) is 7.05 Å². The second kappa shape index (κ2) is 5.52. The molecule has 1 aliphatic rings. The van der Waals surface area contributed by atoms with Crippen molar-refractivity contribution in [3.63, 3.8) is 0 Å². The highest BCUT2D eigenvalue weighted by Crippen LogP contribution is 2.28. The molecule has 2 aromatic rings. The van der Waals surface area contributed by atoms with Crippen molar-refractivity contribution >= 4 is 0 Å². The van der Waals surface area contributed by atoms with Gasteiger partial charge in [-0.15, -0.1) is 0 Å². The van der Waals surface area contributed by atoms with E-state index in [1.54, 1.807) is 6.33 Å². The van der Waals surface area contributed by atoms with Crippen LogP contribution in [0.4, 0.5) is 0 Å². The van der Waals surface area contributed by atoms with E-state index < -0.39 is 0 Å². The molecule has 2 aromatic heterocycles. The molecule has 3 rings (SSSR count). The molecule has 2 heterocycles. The van der Waals surface area contributed by atoms with Crippen molar-refractivity contribution < 1.29 is 0 Å². The van der Waals surface area contributed by atoms with Gasteiger partial charge in [0.1, 0.15) is 12.2 Å². The van der Waals surface area contributed by atoms with Crippen LogP contribution in [0, 0.1) is 0 Å². The maximum absolute atomic E-state index is 4.68. The Morgan fingerprint density at radius 3 is 3.00 bits per heavy atom. The number of hydrogen-bond acceptors (Lipinski definition) is 4. The molecule has 102 valence electrons. The lowest BCUT2D eigenvalue weighted by molar-refractivity contribution is 0.459. The van der Waals surface area contributed by atoms with E-state index in [2.05, 4.69) is 37.4 Å². The fraction of sp³-hybridized carbons (Fsp3) is 0.615. The molecule has 0 radical (unpaired) electrons. The van der Waals surface area contributed by atoms with Gasteiger partial charge in [0.25, 0.3) is 0 Å². The number of hydrogen-bond donors (Lipinski definition) is 1. The molecule has 1 N–H and O–H groups in total. The van der Waals surface area contributed by atoms with Gasteiger partial charge in [-0.05, 0) is 26.0 Å². The molecule has 1 fully saturated rings. The van der Waals surface area contributed by atoms with Gasteiger partial charge in [-0.25, -0.2) is 9.67 Å². The lowest BCUT2D eigenvalue weighted by Gasteiger charge is -2.09. The van der Waals surface area contributed by atoms with Gasteiger partial charge >= 0.3 is 0 Å². The number of rotatable bonds is 5. The smallest absolute Gasteiger partial charge is 0.141 e.